The number of carboxylic acid groups (broad SMARTS) is 1. The number of rotatable bonds is 5. The highest BCUT2D eigenvalue weighted by molar-refractivity contribution is 9.10. The SMILES string of the molecule is Cl.O=C(O)CCCN1CCOC(c2ccccc2Br)C1. The third-order valence-corrected chi connectivity index (χ3v) is 3.99. The number of nitrogens with zero attached hydrogens (tertiary/aromatic N) is 1. The molecule has 1 unspecified atom stereocenters. The normalized spacial score (nSPS) is 19.4. The zero-order chi connectivity index (χ0) is 13.7. The molecule has 1 aromatic carbocycles. The van der Waals surface area contributed by atoms with Crippen molar-refractivity contribution < 1.29 is 14.6 Å². The van der Waals surface area contributed by atoms with Gasteiger partial charge in [-0.05, 0) is 24.6 Å². The van der Waals surface area contributed by atoms with E-state index in [-0.39, 0.29) is 24.9 Å². The average molecular weight is 365 g/mol. The Morgan fingerprint density at radius 2 is 2.20 bits per heavy atom. The van der Waals surface area contributed by atoms with Crippen molar-refractivity contribution in [3.63, 3.8) is 0 Å². The number of benzene rings is 1. The second kappa shape index (κ2) is 8.62. The van der Waals surface area contributed by atoms with Crippen molar-refractivity contribution in [1.82, 2.24) is 4.90 Å². The number of aliphatic carboxylic acids is 1. The summed E-state index contributed by atoms with van der Waals surface area (Å²) in [7, 11) is 0. The Kier molecular flexibility index (Phi) is 7.51. The molecule has 2 rings (SSSR count). The fourth-order valence-corrected chi connectivity index (χ4v) is 2.82. The van der Waals surface area contributed by atoms with Gasteiger partial charge in [0.1, 0.15) is 0 Å². The molecule has 0 amide bonds. The van der Waals surface area contributed by atoms with Crippen molar-refractivity contribution in [2.75, 3.05) is 26.2 Å². The minimum atomic E-state index is -0.726. The maximum absolute atomic E-state index is 10.5. The maximum atomic E-state index is 10.5. The van der Waals surface area contributed by atoms with E-state index in [4.69, 9.17) is 9.84 Å². The summed E-state index contributed by atoms with van der Waals surface area (Å²) < 4.78 is 6.88. The summed E-state index contributed by atoms with van der Waals surface area (Å²) in [5, 5.41) is 8.66. The highest BCUT2D eigenvalue weighted by atomic mass is 79.9. The van der Waals surface area contributed by atoms with E-state index in [0.717, 1.165) is 29.7 Å². The number of morpholine rings is 1. The van der Waals surface area contributed by atoms with Gasteiger partial charge in [-0.25, -0.2) is 0 Å². The number of carbonyl (C=O) groups is 1. The van der Waals surface area contributed by atoms with Gasteiger partial charge in [-0.15, -0.1) is 12.4 Å². The fraction of sp³-hybridized carbons (Fsp3) is 0.500. The van der Waals surface area contributed by atoms with Crippen LogP contribution >= 0.6 is 28.3 Å². The molecule has 0 aliphatic carbocycles. The summed E-state index contributed by atoms with van der Waals surface area (Å²) in [5.74, 6) is -0.726. The Hall–Kier alpha value is -0.620. The third-order valence-electron chi connectivity index (χ3n) is 3.27. The molecule has 0 spiro atoms. The Bertz CT molecular complexity index is 444. The van der Waals surface area contributed by atoms with Gasteiger partial charge in [-0.2, -0.15) is 0 Å². The average Bonchev–Trinajstić information content (AvgIpc) is 2.39. The molecule has 1 fully saturated rings. The first-order valence-electron chi connectivity index (χ1n) is 6.47. The Labute approximate surface area is 133 Å². The molecule has 0 radical (unpaired) electrons. The molecular weight excluding hydrogens is 346 g/mol. The molecule has 112 valence electrons. The molecule has 1 aliphatic heterocycles. The van der Waals surface area contributed by atoms with Crippen LogP contribution in [0.15, 0.2) is 28.7 Å². The van der Waals surface area contributed by atoms with Crippen LogP contribution in [0.1, 0.15) is 24.5 Å². The number of ether oxygens (including phenoxy) is 1. The van der Waals surface area contributed by atoms with Crippen LogP contribution in [-0.4, -0.2) is 42.2 Å². The van der Waals surface area contributed by atoms with E-state index in [2.05, 4.69) is 26.9 Å². The second-order valence-corrected chi connectivity index (χ2v) is 5.53. The van der Waals surface area contributed by atoms with Crippen LogP contribution in [0.25, 0.3) is 0 Å². The Balaban J connectivity index is 0.00000200. The molecule has 0 aromatic heterocycles. The first-order chi connectivity index (χ1) is 9.16. The van der Waals surface area contributed by atoms with Gasteiger partial charge in [-0.1, -0.05) is 34.1 Å². The van der Waals surface area contributed by atoms with Gasteiger partial charge in [-0.3, -0.25) is 9.69 Å². The summed E-state index contributed by atoms with van der Waals surface area (Å²) in [6.45, 7) is 3.21. The van der Waals surface area contributed by atoms with Crippen molar-refractivity contribution in [2.45, 2.75) is 18.9 Å². The molecule has 1 atom stereocenters. The number of halogens is 2. The van der Waals surface area contributed by atoms with Crippen LogP contribution in [-0.2, 0) is 9.53 Å². The van der Waals surface area contributed by atoms with E-state index < -0.39 is 5.97 Å². The van der Waals surface area contributed by atoms with E-state index in [1.54, 1.807) is 0 Å². The molecule has 1 heterocycles. The largest absolute Gasteiger partial charge is 0.481 e. The lowest BCUT2D eigenvalue weighted by molar-refractivity contribution is -0.137. The first-order valence-corrected chi connectivity index (χ1v) is 7.26. The topological polar surface area (TPSA) is 49.8 Å². The van der Waals surface area contributed by atoms with E-state index in [1.165, 1.54) is 0 Å². The zero-order valence-corrected chi connectivity index (χ0v) is 13.5. The number of hydrogen-bond acceptors (Lipinski definition) is 3. The van der Waals surface area contributed by atoms with Gasteiger partial charge in [0.15, 0.2) is 0 Å². The Morgan fingerprint density at radius 3 is 2.90 bits per heavy atom. The van der Waals surface area contributed by atoms with Crippen molar-refractivity contribution in [3.05, 3.63) is 34.3 Å². The van der Waals surface area contributed by atoms with Gasteiger partial charge in [0.25, 0.3) is 0 Å². The lowest BCUT2D eigenvalue weighted by Crippen LogP contribution is -2.39. The quantitative estimate of drug-likeness (QED) is 0.872. The molecular formula is C14H19BrClNO3. The molecule has 1 aromatic rings. The predicted octanol–water partition coefficient (Wildman–Crippen LogP) is 3.11. The monoisotopic (exact) mass is 363 g/mol. The summed E-state index contributed by atoms with van der Waals surface area (Å²) >= 11 is 3.55. The molecule has 6 heteroatoms. The smallest absolute Gasteiger partial charge is 0.303 e. The standard InChI is InChI=1S/C14H18BrNO3.ClH/c15-12-5-2-1-4-11(12)13-10-16(8-9-19-13)7-3-6-14(17)18;/h1-2,4-5,13H,3,6-10H2,(H,17,18);1H. The van der Waals surface area contributed by atoms with Crippen LogP contribution in [0.3, 0.4) is 0 Å². The summed E-state index contributed by atoms with van der Waals surface area (Å²) in [4.78, 5) is 12.8. The van der Waals surface area contributed by atoms with Gasteiger partial charge >= 0.3 is 5.97 Å². The van der Waals surface area contributed by atoms with Crippen molar-refractivity contribution in [3.8, 4) is 0 Å². The van der Waals surface area contributed by atoms with E-state index >= 15 is 0 Å². The van der Waals surface area contributed by atoms with E-state index in [0.29, 0.717) is 13.0 Å². The fourth-order valence-electron chi connectivity index (χ4n) is 2.28. The highest BCUT2D eigenvalue weighted by Crippen LogP contribution is 2.28. The highest BCUT2D eigenvalue weighted by Gasteiger charge is 2.23. The van der Waals surface area contributed by atoms with E-state index in [1.807, 2.05) is 18.2 Å². The summed E-state index contributed by atoms with van der Waals surface area (Å²) in [6, 6.07) is 8.07. The molecule has 4 nitrogen and oxygen atoms in total. The predicted molar refractivity (Wildman–Crippen MR) is 83.4 cm³/mol. The van der Waals surface area contributed by atoms with Crippen molar-refractivity contribution in [1.29, 1.82) is 0 Å². The van der Waals surface area contributed by atoms with Crippen LogP contribution in [0.5, 0.6) is 0 Å². The number of hydrogen-bond donors (Lipinski definition) is 1. The molecule has 0 bridgehead atoms. The van der Waals surface area contributed by atoms with Crippen molar-refractivity contribution in [2.24, 2.45) is 0 Å². The van der Waals surface area contributed by atoms with Crippen LogP contribution in [0.2, 0.25) is 0 Å². The minimum absolute atomic E-state index is 0. The van der Waals surface area contributed by atoms with Crippen LogP contribution in [0, 0.1) is 0 Å². The number of carboxylic acids is 1. The first kappa shape index (κ1) is 17.4. The van der Waals surface area contributed by atoms with Gasteiger partial charge in [0.05, 0.1) is 12.7 Å². The molecule has 1 aliphatic rings. The van der Waals surface area contributed by atoms with Gasteiger partial charge < -0.3 is 9.84 Å². The van der Waals surface area contributed by atoms with Gasteiger partial charge in [0, 0.05) is 24.0 Å². The maximum Gasteiger partial charge on any atom is 0.303 e. The van der Waals surface area contributed by atoms with E-state index in [9.17, 15) is 4.79 Å². The molecule has 1 saturated heterocycles. The molecule has 0 saturated carbocycles. The summed E-state index contributed by atoms with van der Waals surface area (Å²) in [5.41, 5.74) is 1.16. The molecule has 20 heavy (non-hydrogen) atoms. The summed E-state index contributed by atoms with van der Waals surface area (Å²) in [6.07, 6.45) is 0.990. The third kappa shape index (κ3) is 5.05. The minimum Gasteiger partial charge on any atom is -0.481 e. The van der Waals surface area contributed by atoms with Crippen LogP contribution in [0.4, 0.5) is 0 Å². The Morgan fingerprint density at radius 1 is 1.45 bits per heavy atom. The van der Waals surface area contributed by atoms with Gasteiger partial charge in [0.2, 0.25) is 0 Å². The lowest BCUT2D eigenvalue weighted by Gasteiger charge is -2.33. The second-order valence-electron chi connectivity index (χ2n) is 4.68. The zero-order valence-electron chi connectivity index (χ0n) is 11.1. The van der Waals surface area contributed by atoms with Crippen LogP contribution < -0.4 is 0 Å². The van der Waals surface area contributed by atoms with Crippen molar-refractivity contribution >= 4 is 34.3 Å². The molecule has 1 N–H and O–H groups in total. The lowest BCUT2D eigenvalue weighted by atomic mass is 10.1.